The van der Waals surface area contributed by atoms with Crippen LogP contribution < -0.4 is 10.7 Å². The molecule has 0 saturated heterocycles. The lowest BCUT2D eigenvalue weighted by Crippen LogP contribution is -2.19. The summed E-state index contributed by atoms with van der Waals surface area (Å²) in [7, 11) is 0. The van der Waals surface area contributed by atoms with Crippen molar-refractivity contribution in [2.75, 3.05) is 5.32 Å². The van der Waals surface area contributed by atoms with Gasteiger partial charge in [-0.1, -0.05) is 42.5 Å². The van der Waals surface area contributed by atoms with Crippen LogP contribution in [0.3, 0.4) is 0 Å². The van der Waals surface area contributed by atoms with Gasteiger partial charge in [0.1, 0.15) is 0 Å². The van der Waals surface area contributed by atoms with E-state index in [4.69, 9.17) is 0 Å². The van der Waals surface area contributed by atoms with Crippen molar-refractivity contribution < 1.29 is 0 Å². The molecule has 3 rings (SSSR count). The molecule has 0 atom stereocenters. The van der Waals surface area contributed by atoms with Crippen LogP contribution in [0.5, 0.6) is 0 Å². The fourth-order valence-corrected chi connectivity index (χ4v) is 2.38. The molecule has 0 aliphatic heterocycles. The molecule has 21 heavy (non-hydrogen) atoms. The van der Waals surface area contributed by atoms with Crippen molar-refractivity contribution >= 4 is 16.7 Å². The quantitative estimate of drug-likeness (QED) is 0.798. The van der Waals surface area contributed by atoms with E-state index in [-0.39, 0.29) is 5.43 Å². The Labute approximate surface area is 123 Å². The number of fused-ring (bicyclic) bond motifs is 1. The molecule has 2 aromatic carbocycles. The Balaban J connectivity index is 1.99. The van der Waals surface area contributed by atoms with E-state index in [1.165, 1.54) is 0 Å². The third kappa shape index (κ3) is 2.65. The zero-order valence-corrected chi connectivity index (χ0v) is 11.9. The lowest BCUT2D eigenvalue weighted by atomic mass is 10.2. The van der Waals surface area contributed by atoms with E-state index >= 15 is 0 Å². The van der Waals surface area contributed by atoms with Crippen molar-refractivity contribution in [3.8, 4) is 0 Å². The number of aromatic nitrogens is 2. The summed E-state index contributed by atoms with van der Waals surface area (Å²) in [6.07, 6.45) is 0. The van der Waals surface area contributed by atoms with Crippen molar-refractivity contribution in [2.45, 2.75) is 20.0 Å². The van der Waals surface area contributed by atoms with E-state index in [0.717, 1.165) is 17.6 Å². The SMILES string of the molecule is CCn1nc(NCc2ccccc2)c(=O)c2ccccc21. The maximum atomic E-state index is 12.5. The summed E-state index contributed by atoms with van der Waals surface area (Å²) >= 11 is 0. The number of aryl methyl sites for hydroxylation is 1. The van der Waals surface area contributed by atoms with E-state index in [0.29, 0.717) is 17.7 Å². The van der Waals surface area contributed by atoms with Gasteiger partial charge in [0.05, 0.1) is 10.9 Å². The predicted octanol–water partition coefficient (Wildman–Crippen LogP) is 3.03. The smallest absolute Gasteiger partial charge is 0.231 e. The maximum Gasteiger partial charge on any atom is 0.231 e. The molecule has 0 aliphatic rings. The Hall–Kier alpha value is -2.62. The summed E-state index contributed by atoms with van der Waals surface area (Å²) in [5.41, 5.74) is 1.94. The first-order valence-corrected chi connectivity index (χ1v) is 7.07. The minimum Gasteiger partial charge on any atom is -0.361 e. The Kier molecular flexibility index (Phi) is 3.69. The molecule has 0 bridgehead atoms. The van der Waals surface area contributed by atoms with Gasteiger partial charge in [-0.25, -0.2) is 0 Å². The fraction of sp³-hybridized carbons (Fsp3) is 0.176. The van der Waals surface area contributed by atoms with E-state index in [2.05, 4.69) is 10.4 Å². The lowest BCUT2D eigenvalue weighted by molar-refractivity contribution is 0.670. The van der Waals surface area contributed by atoms with Crippen molar-refractivity contribution in [1.29, 1.82) is 0 Å². The monoisotopic (exact) mass is 279 g/mol. The molecule has 106 valence electrons. The number of para-hydroxylation sites is 1. The van der Waals surface area contributed by atoms with Gasteiger partial charge in [-0.15, -0.1) is 0 Å². The zero-order valence-electron chi connectivity index (χ0n) is 11.9. The molecule has 0 spiro atoms. The first kappa shape index (κ1) is 13.4. The van der Waals surface area contributed by atoms with Gasteiger partial charge in [-0.05, 0) is 24.6 Å². The summed E-state index contributed by atoms with van der Waals surface area (Å²) in [6.45, 7) is 3.33. The highest BCUT2D eigenvalue weighted by Crippen LogP contribution is 2.12. The summed E-state index contributed by atoms with van der Waals surface area (Å²) in [5.74, 6) is 0.402. The van der Waals surface area contributed by atoms with Crippen LogP contribution >= 0.6 is 0 Å². The van der Waals surface area contributed by atoms with Crippen LogP contribution in [0.15, 0.2) is 59.4 Å². The predicted molar refractivity (Wildman–Crippen MR) is 85.4 cm³/mol. The molecule has 1 N–H and O–H groups in total. The number of nitrogens with one attached hydrogen (secondary N) is 1. The molecule has 4 nitrogen and oxygen atoms in total. The summed E-state index contributed by atoms with van der Waals surface area (Å²) < 4.78 is 1.85. The van der Waals surface area contributed by atoms with Crippen LogP contribution in [0, 0.1) is 0 Å². The van der Waals surface area contributed by atoms with Crippen LogP contribution in [0.1, 0.15) is 12.5 Å². The molecular weight excluding hydrogens is 262 g/mol. The van der Waals surface area contributed by atoms with Gasteiger partial charge in [-0.2, -0.15) is 5.10 Å². The van der Waals surface area contributed by atoms with Gasteiger partial charge in [-0.3, -0.25) is 9.48 Å². The van der Waals surface area contributed by atoms with Crippen LogP contribution in [-0.4, -0.2) is 9.78 Å². The normalized spacial score (nSPS) is 10.7. The van der Waals surface area contributed by atoms with E-state index in [1.807, 2.05) is 66.2 Å². The molecule has 0 saturated carbocycles. The Morgan fingerprint density at radius 2 is 1.76 bits per heavy atom. The standard InChI is InChI=1S/C17H17N3O/c1-2-20-15-11-7-6-10-14(15)16(21)17(19-20)18-12-13-8-4-3-5-9-13/h3-11H,2,12H2,1H3,(H,18,19). The fourth-order valence-electron chi connectivity index (χ4n) is 2.38. The van der Waals surface area contributed by atoms with Crippen molar-refractivity contribution in [3.63, 3.8) is 0 Å². The average molecular weight is 279 g/mol. The van der Waals surface area contributed by atoms with Gasteiger partial charge in [0, 0.05) is 13.1 Å². The van der Waals surface area contributed by atoms with Crippen LogP contribution in [0.4, 0.5) is 5.82 Å². The molecule has 0 fully saturated rings. The summed E-state index contributed by atoms with van der Waals surface area (Å²) in [6, 6.07) is 17.6. The minimum atomic E-state index is -0.0498. The number of hydrogen-bond donors (Lipinski definition) is 1. The summed E-state index contributed by atoms with van der Waals surface area (Å²) in [4.78, 5) is 12.5. The Morgan fingerprint density at radius 1 is 1.05 bits per heavy atom. The van der Waals surface area contributed by atoms with Crippen LogP contribution in [-0.2, 0) is 13.1 Å². The van der Waals surface area contributed by atoms with E-state index in [9.17, 15) is 4.79 Å². The van der Waals surface area contributed by atoms with Crippen LogP contribution in [0.2, 0.25) is 0 Å². The largest absolute Gasteiger partial charge is 0.361 e. The highest BCUT2D eigenvalue weighted by Gasteiger charge is 2.09. The molecule has 0 unspecified atom stereocenters. The van der Waals surface area contributed by atoms with Gasteiger partial charge in [0.2, 0.25) is 5.43 Å². The summed E-state index contributed by atoms with van der Waals surface area (Å²) in [5, 5.41) is 8.28. The van der Waals surface area contributed by atoms with Crippen molar-refractivity contribution in [2.24, 2.45) is 0 Å². The molecule has 0 radical (unpaired) electrons. The van der Waals surface area contributed by atoms with Gasteiger partial charge >= 0.3 is 0 Å². The lowest BCUT2D eigenvalue weighted by Gasteiger charge is -2.11. The number of nitrogens with zero attached hydrogens (tertiary/aromatic N) is 2. The third-order valence-electron chi connectivity index (χ3n) is 3.46. The molecule has 0 amide bonds. The molecule has 3 aromatic rings. The second-order valence-electron chi connectivity index (χ2n) is 4.85. The zero-order chi connectivity index (χ0) is 14.7. The highest BCUT2D eigenvalue weighted by molar-refractivity contribution is 5.80. The molecule has 1 heterocycles. The number of anilines is 1. The molecule has 0 aliphatic carbocycles. The number of hydrogen-bond acceptors (Lipinski definition) is 3. The van der Waals surface area contributed by atoms with Gasteiger partial charge in [0.15, 0.2) is 5.82 Å². The van der Waals surface area contributed by atoms with Gasteiger partial charge < -0.3 is 5.32 Å². The minimum absolute atomic E-state index is 0.0498. The Bertz CT molecular complexity index is 809. The highest BCUT2D eigenvalue weighted by atomic mass is 16.1. The molecular formula is C17H17N3O. The third-order valence-corrected chi connectivity index (χ3v) is 3.46. The second kappa shape index (κ2) is 5.79. The number of benzene rings is 2. The average Bonchev–Trinajstić information content (AvgIpc) is 2.55. The van der Waals surface area contributed by atoms with Crippen LogP contribution in [0.25, 0.3) is 10.9 Å². The van der Waals surface area contributed by atoms with E-state index < -0.39 is 0 Å². The van der Waals surface area contributed by atoms with Crippen molar-refractivity contribution in [3.05, 3.63) is 70.4 Å². The van der Waals surface area contributed by atoms with Gasteiger partial charge in [0.25, 0.3) is 0 Å². The first-order valence-electron chi connectivity index (χ1n) is 7.07. The second-order valence-corrected chi connectivity index (χ2v) is 4.85. The maximum absolute atomic E-state index is 12.5. The Morgan fingerprint density at radius 3 is 2.52 bits per heavy atom. The topological polar surface area (TPSA) is 46.9 Å². The number of rotatable bonds is 4. The first-order chi connectivity index (χ1) is 10.3. The molecule has 1 aromatic heterocycles. The van der Waals surface area contributed by atoms with E-state index in [1.54, 1.807) is 0 Å². The van der Waals surface area contributed by atoms with Crippen molar-refractivity contribution in [1.82, 2.24) is 9.78 Å². The molecule has 4 heteroatoms.